The minimum Gasteiger partial charge on any atom is -0.495 e. The molecule has 2 heterocycles. The molecule has 0 unspecified atom stereocenters. The summed E-state index contributed by atoms with van der Waals surface area (Å²) in [6.45, 7) is 4.58. The highest BCUT2D eigenvalue weighted by atomic mass is 32.1. The van der Waals surface area contributed by atoms with Crippen LogP contribution in [0.2, 0.25) is 0 Å². The Bertz CT molecular complexity index is 1030. The molecule has 0 radical (unpaired) electrons. The molecule has 1 saturated heterocycles. The summed E-state index contributed by atoms with van der Waals surface area (Å²) in [5.41, 5.74) is 1.06. The van der Waals surface area contributed by atoms with Gasteiger partial charge in [-0.15, -0.1) is 0 Å². The molecule has 170 valence electrons. The maximum absolute atomic E-state index is 13.4. The van der Waals surface area contributed by atoms with Gasteiger partial charge in [0, 0.05) is 31.7 Å². The van der Waals surface area contributed by atoms with E-state index in [1.807, 2.05) is 6.07 Å². The number of thiazole rings is 1. The summed E-state index contributed by atoms with van der Waals surface area (Å²) >= 11 is 1.38. The second-order valence-electron chi connectivity index (χ2n) is 7.42. The summed E-state index contributed by atoms with van der Waals surface area (Å²) < 4.78 is 30.6. The van der Waals surface area contributed by atoms with Gasteiger partial charge in [0.1, 0.15) is 27.5 Å². The van der Waals surface area contributed by atoms with Crippen molar-refractivity contribution in [3.05, 3.63) is 47.8 Å². The van der Waals surface area contributed by atoms with E-state index in [2.05, 4.69) is 4.90 Å². The van der Waals surface area contributed by atoms with Crippen LogP contribution in [0.15, 0.2) is 36.4 Å². The number of amides is 1. The number of hydrogen-bond acceptors (Lipinski definition) is 7. The fourth-order valence-corrected chi connectivity index (χ4v) is 4.80. The molecule has 0 aliphatic carbocycles. The maximum Gasteiger partial charge on any atom is 0.260 e. The summed E-state index contributed by atoms with van der Waals surface area (Å²) in [4.78, 5) is 22.1. The molecular formula is C23H26FN3O4S. The number of morpholine rings is 1. The Morgan fingerprint density at radius 2 is 1.81 bits per heavy atom. The molecular weight excluding hydrogens is 433 g/mol. The number of methoxy groups -OCH3 is 2. The second-order valence-corrected chi connectivity index (χ2v) is 8.39. The van der Waals surface area contributed by atoms with Crippen molar-refractivity contribution in [3.8, 4) is 11.5 Å². The number of ether oxygens (including phenoxy) is 3. The molecule has 1 amide bonds. The van der Waals surface area contributed by atoms with Gasteiger partial charge in [0.2, 0.25) is 0 Å². The van der Waals surface area contributed by atoms with Crippen LogP contribution in [0.1, 0.15) is 16.8 Å². The minimum atomic E-state index is -0.380. The van der Waals surface area contributed by atoms with Crippen LogP contribution in [0, 0.1) is 5.82 Å². The number of carbonyl (C=O) groups excluding carboxylic acids is 1. The van der Waals surface area contributed by atoms with Crippen molar-refractivity contribution in [3.63, 3.8) is 0 Å². The molecule has 0 saturated carbocycles. The van der Waals surface area contributed by atoms with Crippen molar-refractivity contribution < 1.29 is 23.4 Å². The van der Waals surface area contributed by atoms with Crippen molar-refractivity contribution in [2.24, 2.45) is 0 Å². The first-order valence-electron chi connectivity index (χ1n) is 10.5. The number of carbonyl (C=O) groups is 1. The molecule has 0 atom stereocenters. The quantitative estimate of drug-likeness (QED) is 0.510. The SMILES string of the molecule is COc1ccc(OC)c2sc(N(CCCN3CCOCC3)C(=O)c3ccc(F)cc3)nc12. The van der Waals surface area contributed by atoms with E-state index in [1.54, 1.807) is 25.2 Å². The van der Waals surface area contributed by atoms with Gasteiger partial charge in [0.05, 0.1) is 27.4 Å². The van der Waals surface area contributed by atoms with Crippen molar-refractivity contribution >= 4 is 32.6 Å². The van der Waals surface area contributed by atoms with Gasteiger partial charge in [-0.25, -0.2) is 9.37 Å². The van der Waals surface area contributed by atoms with Crippen LogP contribution in [-0.2, 0) is 4.74 Å². The molecule has 0 spiro atoms. The van der Waals surface area contributed by atoms with E-state index in [0.717, 1.165) is 44.0 Å². The molecule has 3 aromatic rings. The third-order valence-electron chi connectivity index (χ3n) is 5.43. The summed E-state index contributed by atoms with van der Waals surface area (Å²) in [7, 11) is 3.19. The first-order valence-corrected chi connectivity index (χ1v) is 11.3. The van der Waals surface area contributed by atoms with Crippen molar-refractivity contribution in [2.75, 3.05) is 58.5 Å². The lowest BCUT2D eigenvalue weighted by molar-refractivity contribution is 0.0376. The molecule has 1 fully saturated rings. The maximum atomic E-state index is 13.4. The number of anilines is 1. The highest BCUT2D eigenvalue weighted by Gasteiger charge is 2.24. The standard InChI is InChI=1S/C23H26FN3O4S/c1-29-18-8-9-19(30-2)21-20(18)25-23(32-21)27(11-3-10-26-12-14-31-15-13-26)22(28)16-4-6-17(24)7-5-16/h4-9H,3,10-15H2,1-2H3. The second kappa shape index (κ2) is 10.2. The van der Waals surface area contributed by atoms with Gasteiger partial charge in [-0.2, -0.15) is 0 Å². The Kier molecular flexibility index (Phi) is 7.19. The number of halogens is 1. The number of aromatic nitrogens is 1. The zero-order valence-corrected chi connectivity index (χ0v) is 19.0. The number of benzene rings is 2. The van der Waals surface area contributed by atoms with Crippen LogP contribution in [0.3, 0.4) is 0 Å². The zero-order chi connectivity index (χ0) is 22.5. The zero-order valence-electron chi connectivity index (χ0n) is 18.2. The van der Waals surface area contributed by atoms with Gasteiger partial charge < -0.3 is 14.2 Å². The highest BCUT2D eigenvalue weighted by molar-refractivity contribution is 7.22. The average molecular weight is 460 g/mol. The predicted molar refractivity (Wildman–Crippen MR) is 123 cm³/mol. The van der Waals surface area contributed by atoms with Crippen LogP contribution >= 0.6 is 11.3 Å². The first kappa shape index (κ1) is 22.4. The number of fused-ring (bicyclic) bond motifs is 1. The van der Waals surface area contributed by atoms with Gasteiger partial charge in [0.25, 0.3) is 5.91 Å². The van der Waals surface area contributed by atoms with Gasteiger partial charge in [0.15, 0.2) is 5.13 Å². The largest absolute Gasteiger partial charge is 0.495 e. The molecule has 1 aliphatic heterocycles. The topological polar surface area (TPSA) is 64.1 Å². The minimum absolute atomic E-state index is 0.219. The fraction of sp³-hybridized carbons (Fsp3) is 0.391. The molecule has 7 nitrogen and oxygen atoms in total. The lowest BCUT2D eigenvalue weighted by Crippen LogP contribution is -2.39. The Morgan fingerprint density at radius 3 is 2.50 bits per heavy atom. The van der Waals surface area contributed by atoms with E-state index < -0.39 is 0 Å². The van der Waals surface area contributed by atoms with E-state index in [0.29, 0.717) is 34.3 Å². The highest BCUT2D eigenvalue weighted by Crippen LogP contribution is 2.40. The van der Waals surface area contributed by atoms with Crippen molar-refractivity contribution in [1.82, 2.24) is 9.88 Å². The molecule has 1 aromatic heterocycles. The first-order chi connectivity index (χ1) is 15.6. The average Bonchev–Trinajstić information content (AvgIpc) is 3.27. The lowest BCUT2D eigenvalue weighted by Gasteiger charge is -2.27. The van der Waals surface area contributed by atoms with Gasteiger partial charge in [-0.05, 0) is 42.8 Å². The van der Waals surface area contributed by atoms with Crippen LogP contribution < -0.4 is 14.4 Å². The number of rotatable bonds is 8. The van der Waals surface area contributed by atoms with Gasteiger partial charge in [-0.1, -0.05) is 11.3 Å². The van der Waals surface area contributed by atoms with Crippen LogP contribution in [-0.4, -0.2) is 69.4 Å². The molecule has 0 bridgehead atoms. The van der Waals surface area contributed by atoms with Gasteiger partial charge in [-0.3, -0.25) is 14.6 Å². The monoisotopic (exact) mass is 459 g/mol. The summed E-state index contributed by atoms with van der Waals surface area (Å²) in [5, 5.41) is 0.555. The molecule has 2 aromatic carbocycles. The lowest BCUT2D eigenvalue weighted by atomic mass is 10.2. The molecule has 9 heteroatoms. The Hall–Kier alpha value is -2.75. The number of hydrogen-bond donors (Lipinski definition) is 0. The van der Waals surface area contributed by atoms with E-state index in [-0.39, 0.29) is 11.7 Å². The third kappa shape index (κ3) is 4.85. The number of nitrogens with zero attached hydrogens (tertiary/aromatic N) is 3. The normalized spacial score (nSPS) is 14.5. The van der Waals surface area contributed by atoms with Gasteiger partial charge >= 0.3 is 0 Å². The molecule has 4 rings (SSSR count). The summed E-state index contributed by atoms with van der Waals surface area (Å²) in [6.07, 6.45) is 0.775. The smallest absolute Gasteiger partial charge is 0.260 e. The van der Waals surface area contributed by atoms with E-state index in [9.17, 15) is 9.18 Å². The molecule has 32 heavy (non-hydrogen) atoms. The summed E-state index contributed by atoms with van der Waals surface area (Å²) in [6, 6.07) is 9.22. The van der Waals surface area contributed by atoms with E-state index in [4.69, 9.17) is 19.2 Å². The van der Waals surface area contributed by atoms with E-state index in [1.165, 1.54) is 35.6 Å². The van der Waals surface area contributed by atoms with Crippen molar-refractivity contribution in [2.45, 2.75) is 6.42 Å². The van der Waals surface area contributed by atoms with Crippen LogP contribution in [0.4, 0.5) is 9.52 Å². The Morgan fingerprint density at radius 1 is 1.12 bits per heavy atom. The van der Waals surface area contributed by atoms with Crippen molar-refractivity contribution in [1.29, 1.82) is 0 Å². The molecule has 0 N–H and O–H groups in total. The Balaban J connectivity index is 1.64. The molecule has 1 aliphatic rings. The van der Waals surface area contributed by atoms with Crippen LogP contribution in [0.25, 0.3) is 10.2 Å². The predicted octanol–water partition coefficient (Wildman–Crippen LogP) is 3.82. The van der Waals surface area contributed by atoms with E-state index >= 15 is 0 Å². The summed E-state index contributed by atoms with van der Waals surface area (Å²) in [5.74, 6) is 0.691. The Labute approximate surface area is 190 Å². The van der Waals surface area contributed by atoms with Crippen LogP contribution in [0.5, 0.6) is 11.5 Å². The third-order valence-corrected chi connectivity index (χ3v) is 6.52. The fourth-order valence-electron chi connectivity index (χ4n) is 3.70.